The summed E-state index contributed by atoms with van der Waals surface area (Å²) in [4.78, 5) is 18.1. The lowest BCUT2D eigenvalue weighted by molar-refractivity contribution is -0.135. The van der Waals surface area contributed by atoms with Gasteiger partial charge in [0.2, 0.25) is 5.91 Å². The molecule has 1 aromatic heterocycles. The molecule has 0 N–H and O–H groups in total. The molecular weight excluding hydrogens is 308 g/mol. The molecule has 0 atom stereocenters. The van der Waals surface area contributed by atoms with E-state index in [0.29, 0.717) is 12.0 Å². The second kappa shape index (κ2) is 5.21. The first-order valence-electron chi connectivity index (χ1n) is 6.63. The number of carbonyl (C=O) groups excluding carboxylic acids is 1. The minimum absolute atomic E-state index is 0.112. The number of carbonyl (C=O) groups is 1. The predicted octanol–water partition coefficient (Wildman–Crippen LogP) is 2.37. The number of nitrogens with zero attached hydrogens (tertiary/aromatic N) is 2. The molecule has 0 aromatic carbocycles. The van der Waals surface area contributed by atoms with Crippen molar-refractivity contribution in [2.45, 2.75) is 25.9 Å². The van der Waals surface area contributed by atoms with Crippen LogP contribution < -0.4 is 0 Å². The number of ether oxygens (including phenoxy) is 1. The van der Waals surface area contributed by atoms with Gasteiger partial charge < -0.3 is 9.64 Å². The average Bonchev–Trinajstić information content (AvgIpc) is 3.02. The van der Waals surface area contributed by atoms with Crippen LogP contribution >= 0.6 is 15.9 Å². The molecule has 3 rings (SSSR count). The van der Waals surface area contributed by atoms with E-state index in [0.717, 1.165) is 23.3 Å². The van der Waals surface area contributed by atoms with Crippen LogP contribution in [0.3, 0.4) is 0 Å². The third-order valence-electron chi connectivity index (χ3n) is 4.01. The van der Waals surface area contributed by atoms with Gasteiger partial charge in [-0.05, 0) is 52.7 Å². The Balaban J connectivity index is 1.42. The first-order chi connectivity index (χ1) is 9.17. The molecule has 1 spiro atoms. The summed E-state index contributed by atoms with van der Waals surface area (Å²) in [6, 6.07) is 3.81. The smallest absolute Gasteiger partial charge is 0.248 e. The van der Waals surface area contributed by atoms with Gasteiger partial charge in [0.25, 0.3) is 0 Å². The summed E-state index contributed by atoms with van der Waals surface area (Å²) < 4.78 is 6.40. The first kappa shape index (κ1) is 13.1. The molecular formula is C14H17BrN2O2. The van der Waals surface area contributed by atoms with Gasteiger partial charge in [0.15, 0.2) is 0 Å². The van der Waals surface area contributed by atoms with E-state index in [-0.39, 0.29) is 12.5 Å². The van der Waals surface area contributed by atoms with Gasteiger partial charge in [-0.25, -0.2) is 0 Å². The monoisotopic (exact) mass is 324 g/mol. The van der Waals surface area contributed by atoms with Gasteiger partial charge in [-0.15, -0.1) is 0 Å². The van der Waals surface area contributed by atoms with Gasteiger partial charge in [-0.3, -0.25) is 9.78 Å². The Labute approximate surface area is 121 Å². The van der Waals surface area contributed by atoms with Crippen molar-refractivity contribution in [3.8, 4) is 0 Å². The van der Waals surface area contributed by atoms with Crippen molar-refractivity contribution in [2.24, 2.45) is 5.41 Å². The summed E-state index contributed by atoms with van der Waals surface area (Å²) in [6.45, 7) is 2.39. The molecule has 1 saturated heterocycles. The summed E-state index contributed by atoms with van der Waals surface area (Å²) in [6.07, 6.45) is 5.49. The Bertz CT molecular complexity index is 471. The first-order valence-corrected chi connectivity index (χ1v) is 7.42. The van der Waals surface area contributed by atoms with Gasteiger partial charge >= 0.3 is 0 Å². The number of halogens is 1. The fourth-order valence-electron chi connectivity index (χ4n) is 2.56. The van der Waals surface area contributed by atoms with Gasteiger partial charge in [-0.2, -0.15) is 0 Å². The zero-order valence-electron chi connectivity index (χ0n) is 10.8. The molecule has 2 fully saturated rings. The van der Waals surface area contributed by atoms with Crippen LogP contribution in [0.5, 0.6) is 0 Å². The summed E-state index contributed by atoms with van der Waals surface area (Å²) in [7, 11) is 0. The maximum absolute atomic E-state index is 12.0. The quantitative estimate of drug-likeness (QED) is 0.854. The number of hydrogen-bond acceptors (Lipinski definition) is 3. The van der Waals surface area contributed by atoms with E-state index in [4.69, 9.17) is 4.74 Å². The molecule has 0 radical (unpaired) electrons. The molecule has 2 heterocycles. The van der Waals surface area contributed by atoms with Crippen LogP contribution in [0.2, 0.25) is 0 Å². The lowest BCUT2D eigenvalue weighted by atomic mass is 10.1. The van der Waals surface area contributed by atoms with E-state index < -0.39 is 0 Å². The van der Waals surface area contributed by atoms with Gasteiger partial charge in [-0.1, -0.05) is 0 Å². The second-order valence-corrected chi connectivity index (χ2v) is 6.44. The zero-order valence-corrected chi connectivity index (χ0v) is 12.4. The van der Waals surface area contributed by atoms with Crippen LogP contribution in [0, 0.1) is 5.41 Å². The fraction of sp³-hybridized carbons (Fsp3) is 0.571. The molecule has 1 aliphatic heterocycles. The summed E-state index contributed by atoms with van der Waals surface area (Å²) >= 11 is 3.33. The maximum atomic E-state index is 12.0. The van der Waals surface area contributed by atoms with Crippen molar-refractivity contribution in [3.05, 3.63) is 28.5 Å². The highest BCUT2D eigenvalue weighted by atomic mass is 79.9. The topological polar surface area (TPSA) is 42.4 Å². The number of rotatable bonds is 4. The van der Waals surface area contributed by atoms with Gasteiger partial charge in [0, 0.05) is 23.8 Å². The van der Waals surface area contributed by atoms with Crippen molar-refractivity contribution < 1.29 is 9.53 Å². The third-order valence-corrected chi connectivity index (χ3v) is 4.48. The minimum atomic E-state index is 0.112. The molecule has 1 aliphatic carbocycles. The average molecular weight is 325 g/mol. The molecule has 0 bridgehead atoms. The summed E-state index contributed by atoms with van der Waals surface area (Å²) in [5, 5.41) is 0. The Morgan fingerprint density at radius 1 is 1.42 bits per heavy atom. The summed E-state index contributed by atoms with van der Waals surface area (Å²) in [5.74, 6) is 0.112. The normalized spacial score (nSPS) is 19.9. The van der Waals surface area contributed by atoms with Crippen LogP contribution in [0.15, 0.2) is 22.8 Å². The Kier molecular flexibility index (Phi) is 3.58. The Morgan fingerprint density at radius 2 is 2.26 bits per heavy atom. The Hall–Kier alpha value is -0.940. The lowest BCUT2D eigenvalue weighted by Crippen LogP contribution is -2.32. The Morgan fingerprint density at radius 3 is 2.89 bits per heavy atom. The van der Waals surface area contributed by atoms with Crippen LogP contribution in [-0.4, -0.2) is 35.5 Å². The van der Waals surface area contributed by atoms with E-state index >= 15 is 0 Å². The molecule has 5 heteroatoms. The zero-order chi connectivity index (χ0) is 13.3. The van der Waals surface area contributed by atoms with Gasteiger partial charge in [0.1, 0.15) is 6.61 Å². The van der Waals surface area contributed by atoms with Crippen molar-refractivity contribution in [1.82, 2.24) is 9.88 Å². The SMILES string of the molecule is O=C(COCc1ccc(Br)cn1)N1CCC2(CC2)C1. The van der Waals surface area contributed by atoms with Crippen LogP contribution in [-0.2, 0) is 16.1 Å². The largest absolute Gasteiger partial charge is 0.365 e. The highest BCUT2D eigenvalue weighted by Crippen LogP contribution is 2.52. The number of hydrogen-bond donors (Lipinski definition) is 0. The number of amides is 1. The molecule has 102 valence electrons. The van der Waals surface area contributed by atoms with Gasteiger partial charge in [0.05, 0.1) is 12.3 Å². The highest BCUT2D eigenvalue weighted by molar-refractivity contribution is 9.10. The van der Waals surface area contributed by atoms with Crippen LogP contribution in [0.25, 0.3) is 0 Å². The van der Waals surface area contributed by atoms with E-state index in [1.807, 2.05) is 17.0 Å². The third kappa shape index (κ3) is 3.15. The standard InChI is InChI=1S/C14H17BrN2O2/c15-11-1-2-12(16-7-11)8-19-9-13(18)17-6-5-14(10-17)3-4-14/h1-2,7H,3-6,8-10H2. The lowest BCUT2D eigenvalue weighted by Gasteiger charge is -2.16. The highest BCUT2D eigenvalue weighted by Gasteiger charge is 2.48. The number of aromatic nitrogens is 1. The van der Waals surface area contributed by atoms with Crippen molar-refractivity contribution in [1.29, 1.82) is 0 Å². The van der Waals surface area contributed by atoms with E-state index in [1.165, 1.54) is 19.3 Å². The minimum Gasteiger partial charge on any atom is -0.365 e. The van der Waals surface area contributed by atoms with Crippen LogP contribution in [0.4, 0.5) is 0 Å². The molecule has 4 nitrogen and oxygen atoms in total. The van der Waals surface area contributed by atoms with E-state index in [9.17, 15) is 4.79 Å². The number of pyridine rings is 1. The molecule has 19 heavy (non-hydrogen) atoms. The fourth-order valence-corrected chi connectivity index (χ4v) is 2.79. The molecule has 1 saturated carbocycles. The molecule has 2 aliphatic rings. The van der Waals surface area contributed by atoms with E-state index in [1.54, 1.807) is 6.20 Å². The van der Waals surface area contributed by atoms with Crippen molar-refractivity contribution >= 4 is 21.8 Å². The molecule has 0 unspecified atom stereocenters. The second-order valence-electron chi connectivity index (χ2n) is 5.53. The maximum Gasteiger partial charge on any atom is 0.248 e. The van der Waals surface area contributed by atoms with Crippen molar-refractivity contribution in [3.63, 3.8) is 0 Å². The van der Waals surface area contributed by atoms with Crippen molar-refractivity contribution in [2.75, 3.05) is 19.7 Å². The van der Waals surface area contributed by atoms with E-state index in [2.05, 4.69) is 20.9 Å². The molecule has 1 amide bonds. The predicted molar refractivity (Wildman–Crippen MR) is 74.5 cm³/mol. The summed E-state index contributed by atoms with van der Waals surface area (Å²) in [5.41, 5.74) is 1.33. The number of likely N-dealkylation sites (tertiary alicyclic amines) is 1. The van der Waals surface area contributed by atoms with Crippen LogP contribution in [0.1, 0.15) is 25.0 Å². The molecule has 1 aromatic rings.